The summed E-state index contributed by atoms with van der Waals surface area (Å²) in [6.45, 7) is 2.55. The number of amides is 1. The quantitative estimate of drug-likeness (QED) is 0.730. The van der Waals surface area contributed by atoms with Gasteiger partial charge in [-0.2, -0.15) is 0 Å². The van der Waals surface area contributed by atoms with Crippen molar-refractivity contribution < 1.29 is 4.79 Å². The van der Waals surface area contributed by atoms with Crippen LogP contribution in [0.1, 0.15) is 21.5 Å². The summed E-state index contributed by atoms with van der Waals surface area (Å²) < 4.78 is 1.84. The maximum atomic E-state index is 12.5. The van der Waals surface area contributed by atoms with Crippen LogP contribution in [0.25, 0.3) is 0 Å². The smallest absolute Gasteiger partial charge is 0.255 e. The maximum Gasteiger partial charge on any atom is 0.255 e. The summed E-state index contributed by atoms with van der Waals surface area (Å²) in [5.74, 6) is 0.0105. The number of hydrogen-bond acceptors (Lipinski definition) is 1. The zero-order valence-electron chi connectivity index (χ0n) is 11.4. The Morgan fingerprint density at radius 3 is 2.50 bits per heavy atom. The summed E-state index contributed by atoms with van der Waals surface area (Å²) in [5.41, 5.74) is 2.86. The molecule has 2 aromatic carbocycles. The molecule has 104 valence electrons. The number of hydrogen-bond donors (Lipinski definition) is 0. The van der Waals surface area contributed by atoms with Crippen molar-refractivity contribution in [2.75, 3.05) is 7.05 Å². The van der Waals surface area contributed by atoms with E-state index < -0.39 is 0 Å². The van der Waals surface area contributed by atoms with Crippen molar-refractivity contribution >= 4 is 37.8 Å². The summed E-state index contributed by atoms with van der Waals surface area (Å²) in [5, 5.41) is 0. The molecule has 0 aliphatic carbocycles. The Morgan fingerprint density at radius 1 is 1.10 bits per heavy atom. The van der Waals surface area contributed by atoms with E-state index in [4.69, 9.17) is 0 Å². The van der Waals surface area contributed by atoms with Gasteiger partial charge in [-0.1, -0.05) is 45.8 Å². The van der Waals surface area contributed by atoms with E-state index in [1.165, 1.54) is 0 Å². The van der Waals surface area contributed by atoms with Crippen molar-refractivity contribution in [3.63, 3.8) is 0 Å². The van der Waals surface area contributed by atoms with Crippen LogP contribution in [0.2, 0.25) is 0 Å². The van der Waals surface area contributed by atoms with E-state index in [2.05, 4.69) is 31.9 Å². The number of benzene rings is 2. The number of carbonyl (C=O) groups is 1. The van der Waals surface area contributed by atoms with Crippen molar-refractivity contribution in [1.82, 2.24) is 4.90 Å². The third-order valence-electron chi connectivity index (χ3n) is 3.06. The molecular formula is C16H15Br2NO. The molecule has 0 atom stereocenters. The van der Waals surface area contributed by atoms with Gasteiger partial charge in [0.1, 0.15) is 0 Å². The SMILES string of the molecule is Cc1ccc(Br)c(C(=O)N(C)Cc2ccccc2Br)c1. The van der Waals surface area contributed by atoms with E-state index in [9.17, 15) is 4.79 Å². The predicted octanol–water partition coefficient (Wildman–Crippen LogP) is 4.79. The van der Waals surface area contributed by atoms with E-state index in [1.807, 2.05) is 56.4 Å². The summed E-state index contributed by atoms with van der Waals surface area (Å²) in [6, 6.07) is 13.7. The van der Waals surface area contributed by atoms with E-state index in [1.54, 1.807) is 4.90 Å². The van der Waals surface area contributed by atoms with Crippen LogP contribution in [0.4, 0.5) is 0 Å². The number of rotatable bonds is 3. The summed E-state index contributed by atoms with van der Waals surface area (Å²) in [7, 11) is 1.82. The molecule has 0 spiro atoms. The Hall–Kier alpha value is -1.13. The summed E-state index contributed by atoms with van der Waals surface area (Å²) in [6.07, 6.45) is 0. The molecule has 0 aliphatic rings. The van der Waals surface area contributed by atoms with Gasteiger partial charge in [0.2, 0.25) is 0 Å². The first-order valence-electron chi connectivity index (χ1n) is 6.24. The number of halogens is 2. The molecule has 0 saturated heterocycles. The summed E-state index contributed by atoms with van der Waals surface area (Å²) in [4.78, 5) is 14.2. The number of nitrogens with zero attached hydrogens (tertiary/aromatic N) is 1. The van der Waals surface area contributed by atoms with Gasteiger partial charge in [-0.05, 0) is 46.6 Å². The Labute approximate surface area is 136 Å². The molecule has 0 unspecified atom stereocenters. The van der Waals surface area contributed by atoms with Gasteiger partial charge in [0.15, 0.2) is 0 Å². The van der Waals surface area contributed by atoms with E-state index in [0.29, 0.717) is 12.1 Å². The van der Waals surface area contributed by atoms with Gasteiger partial charge >= 0.3 is 0 Å². The lowest BCUT2D eigenvalue weighted by Crippen LogP contribution is -2.26. The minimum absolute atomic E-state index is 0.0105. The van der Waals surface area contributed by atoms with Gasteiger partial charge < -0.3 is 4.90 Å². The molecule has 1 amide bonds. The molecule has 2 nitrogen and oxygen atoms in total. The topological polar surface area (TPSA) is 20.3 Å². The van der Waals surface area contributed by atoms with Gasteiger partial charge in [-0.25, -0.2) is 0 Å². The fraction of sp³-hybridized carbons (Fsp3) is 0.188. The monoisotopic (exact) mass is 395 g/mol. The van der Waals surface area contributed by atoms with Gasteiger partial charge in [0.25, 0.3) is 5.91 Å². The average molecular weight is 397 g/mol. The van der Waals surface area contributed by atoms with Gasteiger partial charge in [0.05, 0.1) is 5.56 Å². The second kappa shape index (κ2) is 6.55. The highest BCUT2D eigenvalue weighted by molar-refractivity contribution is 9.10. The molecule has 20 heavy (non-hydrogen) atoms. The normalized spacial score (nSPS) is 10.4. The van der Waals surface area contributed by atoms with Crippen molar-refractivity contribution in [3.05, 3.63) is 68.1 Å². The zero-order valence-corrected chi connectivity index (χ0v) is 14.5. The van der Waals surface area contributed by atoms with Gasteiger partial charge in [-0.15, -0.1) is 0 Å². The second-order valence-corrected chi connectivity index (χ2v) is 6.44. The van der Waals surface area contributed by atoms with Crippen molar-refractivity contribution in [3.8, 4) is 0 Å². The fourth-order valence-electron chi connectivity index (χ4n) is 1.96. The fourth-order valence-corrected chi connectivity index (χ4v) is 2.79. The highest BCUT2D eigenvalue weighted by atomic mass is 79.9. The molecule has 0 aliphatic heterocycles. The molecule has 2 rings (SSSR count). The molecule has 0 bridgehead atoms. The Kier molecular flexibility index (Phi) is 5.00. The van der Waals surface area contributed by atoms with Gasteiger partial charge in [0, 0.05) is 22.5 Å². The third kappa shape index (κ3) is 3.49. The van der Waals surface area contributed by atoms with Crippen LogP contribution >= 0.6 is 31.9 Å². The zero-order chi connectivity index (χ0) is 14.7. The van der Waals surface area contributed by atoms with E-state index >= 15 is 0 Å². The molecule has 4 heteroatoms. The molecule has 2 aromatic rings. The van der Waals surface area contributed by atoms with Crippen molar-refractivity contribution in [2.24, 2.45) is 0 Å². The molecular weight excluding hydrogens is 382 g/mol. The van der Waals surface area contributed by atoms with Crippen LogP contribution in [-0.4, -0.2) is 17.9 Å². The van der Waals surface area contributed by atoms with Crippen LogP contribution in [0.3, 0.4) is 0 Å². The first kappa shape index (κ1) is 15.3. The number of carbonyl (C=O) groups excluding carboxylic acids is 1. The average Bonchev–Trinajstić information content (AvgIpc) is 2.43. The van der Waals surface area contributed by atoms with Crippen LogP contribution < -0.4 is 0 Å². The Balaban J connectivity index is 2.21. The van der Waals surface area contributed by atoms with Gasteiger partial charge in [-0.3, -0.25) is 4.79 Å². The maximum absolute atomic E-state index is 12.5. The lowest BCUT2D eigenvalue weighted by Gasteiger charge is -2.19. The largest absolute Gasteiger partial charge is 0.337 e. The van der Waals surface area contributed by atoms with Crippen LogP contribution in [0.15, 0.2) is 51.4 Å². The number of aryl methyl sites for hydroxylation is 1. The molecule has 0 heterocycles. The Morgan fingerprint density at radius 2 is 1.80 bits per heavy atom. The van der Waals surface area contributed by atoms with Crippen molar-refractivity contribution in [1.29, 1.82) is 0 Å². The second-order valence-electron chi connectivity index (χ2n) is 4.74. The third-order valence-corrected chi connectivity index (χ3v) is 4.53. The molecule has 0 N–H and O–H groups in total. The highest BCUT2D eigenvalue weighted by Crippen LogP contribution is 2.22. The summed E-state index contributed by atoms with van der Waals surface area (Å²) >= 11 is 6.95. The van der Waals surface area contributed by atoms with Crippen molar-refractivity contribution in [2.45, 2.75) is 13.5 Å². The predicted molar refractivity (Wildman–Crippen MR) is 88.8 cm³/mol. The molecule has 0 radical (unpaired) electrons. The molecule has 0 aromatic heterocycles. The minimum Gasteiger partial charge on any atom is -0.337 e. The Bertz CT molecular complexity index is 640. The van der Waals surface area contributed by atoms with Crippen LogP contribution in [0.5, 0.6) is 0 Å². The molecule has 0 saturated carbocycles. The first-order chi connectivity index (χ1) is 9.49. The first-order valence-corrected chi connectivity index (χ1v) is 7.82. The van der Waals surface area contributed by atoms with E-state index in [-0.39, 0.29) is 5.91 Å². The highest BCUT2D eigenvalue weighted by Gasteiger charge is 2.16. The van der Waals surface area contributed by atoms with E-state index in [0.717, 1.165) is 20.1 Å². The lowest BCUT2D eigenvalue weighted by molar-refractivity contribution is 0.0784. The standard InChI is InChI=1S/C16H15Br2NO/c1-11-7-8-15(18)13(9-11)16(20)19(2)10-12-5-3-4-6-14(12)17/h3-9H,10H2,1-2H3. The van der Waals surface area contributed by atoms with Crippen LogP contribution in [-0.2, 0) is 6.54 Å². The van der Waals surface area contributed by atoms with Crippen LogP contribution in [0, 0.1) is 6.92 Å². The molecule has 0 fully saturated rings. The lowest BCUT2D eigenvalue weighted by atomic mass is 10.1. The minimum atomic E-state index is 0.0105.